The van der Waals surface area contributed by atoms with Crippen LogP contribution >= 0.6 is 11.3 Å². The first-order valence-electron chi connectivity index (χ1n) is 5.13. The van der Waals surface area contributed by atoms with E-state index >= 15 is 0 Å². The molecule has 19 heavy (non-hydrogen) atoms. The molecular weight excluding hydrogens is 288 g/mol. The number of nitrogens with zero attached hydrogens (tertiary/aromatic N) is 2. The molecule has 0 aliphatic rings. The van der Waals surface area contributed by atoms with Crippen molar-refractivity contribution in [3.05, 3.63) is 29.3 Å². The van der Waals surface area contributed by atoms with E-state index in [4.69, 9.17) is 10.8 Å². The third-order valence-electron chi connectivity index (χ3n) is 2.04. The van der Waals surface area contributed by atoms with Crippen molar-refractivity contribution in [2.45, 2.75) is 11.3 Å². The zero-order chi connectivity index (χ0) is 13.8. The van der Waals surface area contributed by atoms with Crippen LogP contribution in [-0.2, 0) is 22.2 Å². The van der Waals surface area contributed by atoms with E-state index in [1.807, 2.05) is 0 Å². The summed E-state index contributed by atoms with van der Waals surface area (Å²) in [6.45, 7) is 0. The van der Waals surface area contributed by atoms with E-state index in [1.54, 1.807) is 24.3 Å². The quantitative estimate of drug-likeness (QED) is 0.705. The van der Waals surface area contributed by atoms with Gasteiger partial charge in [-0.2, -0.15) is 0 Å². The molecule has 0 aliphatic carbocycles. The Morgan fingerprint density at radius 3 is 2.68 bits per heavy atom. The van der Waals surface area contributed by atoms with Gasteiger partial charge in [0.2, 0.25) is 5.13 Å². The van der Waals surface area contributed by atoms with Crippen molar-refractivity contribution < 1.29 is 14.1 Å². The topological polar surface area (TPSA) is 118 Å². The van der Waals surface area contributed by atoms with Crippen LogP contribution in [0.25, 0.3) is 0 Å². The van der Waals surface area contributed by atoms with Gasteiger partial charge in [-0.05, 0) is 24.3 Å². The summed E-state index contributed by atoms with van der Waals surface area (Å²) in [5, 5.41) is 16.7. The molecule has 7 nitrogen and oxygen atoms in total. The van der Waals surface area contributed by atoms with Crippen LogP contribution in [0, 0.1) is 0 Å². The van der Waals surface area contributed by atoms with Crippen LogP contribution in [0.5, 0.6) is 0 Å². The minimum Gasteiger partial charge on any atom is -0.481 e. The second-order valence-electron chi connectivity index (χ2n) is 3.51. The first kappa shape index (κ1) is 13.4. The monoisotopic (exact) mass is 298 g/mol. The highest BCUT2D eigenvalue weighted by molar-refractivity contribution is 7.86. The van der Waals surface area contributed by atoms with E-state index < -0.39 is 17.0 Å². The van der Waals surface area contributed by atoms with Gasteiger partial charge in [-0.15, -0.1) is 10.2 Å². The Bertz CT molecular complexity index is 611. The van der Waals surface area contributed by atoms with Crippen LogP contribution in [0.15, 0.2) is 29.2 Å². The second-order valence-corrected chi connectivity index (χ2v) is 5.79. The molecule has 1 aromatic carbocycles. The highest BCUT2D eigenvalue weighted by Crippen LogP contribution is 2.18. The molecule has 0 amide bonds. The van der Waals surface area contributed by atoms with E-state index in [1.165, 1.54) is 0 Å². The van der Waals surface area contributed by atoms with Gasteiger partial charge in [-0.25, -0.2) is 4.21 Å². The molecule has 0 aliphatic heterocycles. The van der Waals surface area contributed by atoms with E-state index in [0.29, 0.717) is 20.7 Å². The number of carboxylic acid groups (broad SMARTS) is 1. The van der Waals surface area contributed by atoms with Crippen molar-refractivity contribution >= 4 is 39.1 Å². The molecule has 2 rings (SSSR count). The van der Waals surface area contributed by atoms with Crippen molar-refractivity contribution in [2.75, 3.05) is 10.5 Å². The normalized spacial score (nSPS) is 12.0. The molecule has 9 heteroatoms. The van der Waals surface area contributed by atoms with Gasteiger partial charge in [-0.1, -0.05) is 11.3 Å². The van der Waals surface area contributed by atoms with Crippen LogP contribution in [0.2, 0.25) is 0 Å². The molecule has 0 saturated heterocycles. The number of aliphatic carboxylic acids is 1. The smallest absolute Gasteiger partial charge is 0.310 e. The summed E-state index contributed by atoms with van der Waals surface area (Å²) in [6, 6.07) is 6.56. The summed E-state index contributed by atoms with van der Waals surface area (Å²) in [5.74, 6) is -0.984. The fourth-order valence-electron chi connectivity index (χ4n) is 1.23. The Labute approximate surface area is 115 Å². The molecule has 0 spiro atoms. The first-order chi connectivity index (χ1) is 9.04. The van der Waals surface area contributed by atoms with Crippen molar-refractivity contribution in [3.63, 3.8) is 0 Å². The minimum atomic E-state index is -1.49. The molecular formula is C10H10N4O3S2. The number of anilines is 2. The van der Waals surface area contributed by atoms with E-state index in [2.05, 4.69) is 14.9 Å². The number of carbonyl (C=O) groups is 1. The molecule has 1 unspecified atom stereocenters. The molecule has 2 aromatic rings. The molecule has 0 radical (unpaired) electrons. The van der Waals surface area contributed by atoms with E-state index in [-0.39, 0.29) is 6.42 Å². The summed E-state index contributed by atoms with van der Waals surface area (Å²) in [6.07, 6.45) is -0.201. The maximum atomic E-state index is 11.9. The summed E-state index contributed by atoms with van der Waals surface area (Å²) in [4.78, 5) is 11.0. The standard InChI is InChI=1S/C10H10N4O3S2/c11-6-1-3-7(4-2-6)19(17)14-10-13-12-8(18-10)5-9(15)16/h1-4H,5,11H2,(H,13,14)(H,15,16). The lowest BCUT2D eigenvalue weighted by Gasteiger charge is -2.02. The Morgan fingerprint density at radius 1 is 1.37 bits per heavy atom. The molecule has 0 saturated carbocycles. The SMILES string of the molecule is Nc1ccc(S(=O)Nc2nnc(CC(=O)O)s2)cc1. The number of nitrogens with two attached hydrogens (primary N) is 1. The lowest BCUT2D eigenvalue weighted by molar-refractivity contribution is -0.136. The number of benzene rings is 1. The summed E-state index contributed by atoms with van der Waals surface area (Å²) in [7, 11) is -1.49. The second kappa shape index (κ2) is 5.76. The minimum absolute atomic E-state index is 0.201. The van der Waals surface area contributed by atoms with Crippen molar-refractivity contribution in [1.29, 1.82) is 0 Å². The van der Waals surface area contributed by atoms with Crippen LogP contribution in [0.4, 0.5) is 10.8 Å². The van der Waals surface area contributed by atoms with Crippen molar-refractivity contribution in [3.8, 4) is 0 Å². The van der Waals surface area contributed by atoms with Gasteiger partial charge in [0.1, 0.15) is 5.01 Å². The number of aromatic nitrogens is 2. The van der Waals surface area contributed by atoms with Gasteiger partial charge in [0.25, 0.3) is 0 Å². The summed E-state index contributed by atoms with van der Waals surface area (Å²) in [5.41, 5.74) is 6.12. The summed E-state index contributed by atoms with van der Waals surface area (Å²) < 4.78 is 14.6. The number of hydrogen-bond acceptors (Lipinski definition) is 6. The van der Waals surface area contributed by atoms with Gasteiger partial charge >= 0.3 is 5.97 Å². The zero-order valence-corrected chi connectivity index (χ0v) is 11.2. The molecule has 1 heterocycles. The van der Waals surface area contributed by atoms with Crippen LogP contribution < -0.4 is 10.5 Å². The average molecular weight is 298 g/mol. The van der Waals surface area contributed by atoms with Crippen LogP contribution in [-0.4, -0.2) is 25.5 Å². The maximum absolute atomic E-state index is 11.9. The van der Waals surface area contributed by atoms with E-state index in [0.717, 1.165) is 11.3 Å². The Kier molecular flexibility index (Phi) is 4.07. The van der Waals surface area contributed by atoms with Crippen LogP contribution in [0.3, 0.4) is 0 Å². The molecule has 1 atom stereocenters. The highest BCUT2D eigenvalue weighted by atomic mass is 32.2. The number of nitrogens with one attached hydrogen (secondary N) is 1. The fraction of sp³-hybridized carbons (Fsp3) is 0.100. The molecule has 1 aromatic heterocycles. The third kappa shape index (κ3) is 3.73. The highest BCUT2D eigenvalue weighted by Gasteiger charge is 2.10. The third-order valence-corrected chi connectivity index (χ3v) is 4.09. The predicted octanol–water partition coefficient (Wildman–Crippen LogP) is 0.882. The lowest BCUT2D eigenvalue weighted by atomic mass is 10.3. The van der Waals surface area contributed by atoms with Gasteiger partial charge in [-0.3, -0.25) is 9.52 Å². The zero-order valence-electron chi connectivity index (χ0n) is 9.57. The van der Waals surface area contributed by atoms with Crippen LogP contribution in [0.1, 0.15) is 5.01 Å². The number of rotatable bonds is 5. The van der Waals surface area contributed by atoms with Gasteiger partial charge in [0.05, 0.1) is 11.3 Å². The van der Waals surface area contributed by atoms with Gasteiger partial charge in [0, 0.05) is 5.69 Å². The number of hydrogen-bond donors (Lipinski definition) is 3. The van der Waals surface area contributed by atoms with Gasteiger partial charge in [0.15, 0.2) is 11.0 Å². The Morgan fingerprint density at radius 2 is 2.05 bits per heavy atom. The number of carboxylic acids is 1. The van der Waals surface area contributed by atoms with Crippen molar-refractivity contribution in [2.24, 2.45) is 0 Å². The van der Waals surface area contributed by atoms with Crippen molar-refractivity contribution in [1.82, 2.24) is 10.2 Å². The summed E-state index contributed by atoms with van der Waals surface area (Å²) >= 11 is 1.06. The lowest BCUT2D eigenvalue weighted by Crippen LogP contribution is -2.04. The molecule has 4 N–H and O–H groups in total. The molecule has 0 fully saturated rings. The van der Waals surface area contributed by atoms with Gasteiger partial charge < -0.3 is 10.8 Å². The fourth-order valence-corrected chi connectivity index (χ4v) is 2.90. The number of nitrogen functional groups attached to an aromatic ring is 1. The Balaban J connectivity index is 2.04. The van der Waals surface area contributed by atoms with E-state index in [9.17, 15) is 9.00 Å². The Hall–Kier alpha value is -2.00. The largest absolute Gasteiger partial charge is 0.481 e. The maximum Gasteiger partial charge on any atom is 0.310 e. The first-order valence-corrected chi connectivity index (χ1v) is 7.09. The molecule has 100 valence electrons. The molecule has 0 bridgehead atoms. The average Bonchev–Trinajstić information content (AvgIpc) is 2.76. The predicted molar refractivity (Wildman–Crippen MR) is 72.1 cm³/mol.